The summed E-state index contributed by atoms with van der Waals surface area (Å²) >= 11 is 0. The van der Waals surface area contributed by atoms with Gasteiger partial charge in [0.1, 0.15) is 0 Å². The summed E-state index contributed by atoms with van der Waals surface area (Å²) in [5.41, 5.74) is -1.94. The average Bonchev–Trinajstić information content (AvgIpc) is 3.12. The first-order valence-electron chi connectivity index (χ1n) is 8.91. The minimum Gasteiger partial charge on any atom is -0.494 e. The van der Waals surface area contributed by atoms with Crippen molar-refractivity contribution in [2.75, 3.05) is 0 Å². The van der Waals surface area contributed by atoms with E-state index in [2.05, 4.69) is 4.98 Å². The van der Waals surface area contributed by atoms with Gasteiger partial charge in [0.15, 0.2) is 11.2 Å². The molecule has 0 amide bonds. The Morgan fingerprint density at radius 1 is 1.03 bits per heavy atom. The van der Waals surface area contributed by atoms with E-state index >= 15 is 0 Å². The van der Waals surface area contributed by atoms with Crippen LogP contribution in [0, 0.1) is 0 Å². The second-order valence-corrected chi connectivity index (χ2v) is 6.87. The SMILES string of the molecule is Cn1c(=O)c2c(nc3n(Cc4ccccc4)c(=O)c(CC(=O)O)c(O)n23)n(C)c1=O. The van der Waals surface area contributed by atoms with Crippen LogP contribution in [0.1, 0.15) is 11.1 Å². The largest absolute Gasteiger partial charge is 0.494 e. The fourth-order valence-electron chi connectivity index (χ4n) is 3.46. The van der Waals surface area contributed by atoms with Crippen LogP contribution in [-0.2, 0) is 31.9 Å². The first-order valence-corrected chi connectivity index (χ1v) is 8.91. The van der Waals surface area contributed by atoms with Gasteiger partial charge in [0.2, 0.25) is 11.7 Å². The Morgan fingerprint density at radius 3 is 2.33 bits per heavy atom. The van der Waals surface area contributed by atoms with Gasteiger partial charge in [0.25, 0.3) is 11.1 Å². The minimum absolute atomic E-state index is 0.0215. The summed E-state index contributed by atoms with van der Waals surface area (Å²) in [6.07, 6.45) is -0.749. The number of hydrogen-bond donors (Lipinski definition) is 2. The van der Waals surface area contributed by atoms with Crippen molar-refractivity contribution in [3.05, 3.63) is 72.7 Å². The molecular formula is C19H17N5O6. The summed E-state index contributed by atoms with van der Waals surface area (Å²) in [7, 11) is 2.68. The Morgan fingerprint density at radius 2 is 1.70 bits per heavy atom. The quantitative estimate of drug-likeness (QED) is 0.458. The molecule has 0 aliphatic heterocycles. The minimum atomic E-state index is -1.32. The van der Waals surface area contributed by atoms with Gasteiger partial charge in [-0.05, 0) is 5.56 Å². The van der Waals surface area contributed by atoms with Gasteiger partial charge in [0.05, 0.1) is 18.5 Å². The van der Waals surface area contributed by atoms with Crippen LogP contribution in [0.3, 0.4) is 0 Å². The monoisotopic (exact) mass is 411 g/mol. The number of benzene rings is 1. The van der Waals surface area contributed by atoms with E-state index in [0.29, 0.717) is 0 Å². The van der Waals surface area contributed by atoms with Crippen LogP contribution >= 0.6 is 0 Å². The van der Waals surface area contributed by atoms with Gasteiger partial charge in [0, 0.05) is 14.1 Å². The van der Waals surface area contributed by atoms with Crippen LogP contribution in [0.5, 0.6) is 5.88 Å². The third kappa shape index (κ3) is 2.70. The van der Waals surface area contributed by atoms with Crippen molar-refractivity contribution in [2.24, 2.45) is 14.1 Å². The van der Waals surface area contributed by atoms with Crippen LogP contribution in [-0.4, -0.2) is 39.3 Å². The topological polar surface area (TPSA) is 141 Å². The Balaban J connectivity index is 2.22. The lowest BCUT2D eigenvalue weighted by molar-refractivity contribution is -0.136. The maximum absolute atomic E-state index is 13.1. The number of aromatic nitrogens is 5. The van der Waals surface area contributed by atoms with Crippen molar-refractivity contribution >= 4 is 22.9 Å². The third-order valence-corrected chi connectivity index (χ3v) is 4.98. The Kier molecular flexibility index (Phi) is 4.30. The van der Waals surface area contributed by atoms with Crippen molar-refractivity contribution in [3.63, 3.8) is 0 Å². The molecule has 0 saturated heterocycles. The van der Waals surface area contributed by atoms with Crippen molar-refractivity contribution in [2.45, 2.75) is 13.0 Å². The Hall–Kier alpha value is -4.15. The van der Waals surface area contributed by atoms with E-state index in [0.717, 1.165) is 19.1 Å². The lowest BCUT2D eigenvalue weighted by Gasteiger charge is -2.12. The molecule has 0 fully saturated rings. The van der Waals surface area contributed by atoms with Crippen LogP contribution in [0.15, 0.2) is 44.7 Å². The molecule has 0 aliphatic rings. The number of rotatable bonds is 4. The number of carbonyl (C=O) groups is 1. The molecule has 0 unspecified atom stereocenters. The van der Waals surface area contributed by atoms with Crippen molar-refractivity contribution in [3.8, 4) is 5.88 Å². The van der Waals surface area contributed by atoms with Gasteiger partial charge >= 0.3 is 11.7 Å². The number of carboxylic acids is 1. The van der Waals surface area contributed by atoms with Crippen LogP contribution < -0.4 is 16.8 Å². The molecule has 0 radical (unpaired) electrons. The molecule has 0 spiro atoms. The molecule has 0 saturated carbocycles. The van der Waals surface area contributed by atoms with Gasteiger partial charge in [-0.1, -0.05) is 30.3 Å². The molecule has 11 nitrogen and oxygen atoms in total. The lowest BCUT2D eigenvalue weighted by atomic mass is 10.2. The molecule has 0 bridgehead atoms. The number of imidazole rings is 1. The number of aromatic hydroxyl groups is 1. The molecule has 4 aromatic rings. The van der Waals surface area contributed by atoms with Crippen LogP contribution in [0.4, 0.5) is 0 Å². The van der Waals surface area contributed by atoms with Gasteiger partial charge < -0.3 is 10.2 Å². The molecule has 154 valence electrons. The van der Waals surface area contributed by atoms with E-state index in [-0.39, 0.29) is 29.0 Å². The molecule has 0 atom stereocenters. The average molecular weight is 411 g/mol. The molecule has 4 rings (SSSR count). The maximum atomic E-state index is 13.1. The van der Waals surface area contributed by atoms with Gasteiger partial charge in [-0.2, -0.15) is 4.98 Å². The molecule has 1 aromatic carbocycles. The van der Waals surface area contributed by atoms with E-state index in [1.165, 1.54) is 18.7 Å². The highest BCUT2D eigenvalue weighted by Gasteiger charge is 2.25. The fraction of sp³-hybridized carbons (Fsp3) is 0.211. The van der Waals surface area contributed by atoms with Gasteiger partial charge in [-0.3, -0.25) is 28.1 Å². The second kappa shape index (κ2) is 6.72. The summed E-state index contributed by atoms with van der Waals surface area (Å²) in [5, 5.41) is 20.0. The molecule has 2 N–H and O–H groups in total. The molecular weight excluding hydrogens is 394 g/mol. The number of fused-ring (bicyclic) bond motifs is 3. The maximum Gasteiger partial charge on any atom is 0.332 e. The smallest absolute Gasteiger partial charge is 0.332 e. The molecule has 3 heterocycles. The van der Waals surface area contributed by atoms with E-state index in [1.54, 1.807) is 30.3 Å². The van der Waals surface area contributed by atoms with Crippen molar-refractivity contribution < 1.29 is 15.0 Å². The third-order valence-electron chi connectivity index (χ3n) is 4.98. The highest BCUT2D eigenvalue weighted by Crippen LogP contribution is 2.22. The summed E-state index contributed by atoms with van der Waals surface area (Å²) < 4.78 is 4.17. The lowest BCUT2D eigenvalue weighted by Crippen LogP contribution is -2.37. The number of aliphatic carboxylic acids is 1. The highest BCUT2D eigenvalue weighted by molar-refractivity contribution is 5.77. The van der Waals surface area contributed by atoms with Gasteiger partial charge in [-0.15, -0.1) is 0 Å². The first kappa shape index (κ1) is 19.2. The van der Waals surface area contributed by atoms with Gasteiger partial charge in [-0.25, -0.2) is 9.20 Å². The fourth-order valence-corrected chi connectivity index (χ4v) is 3.46. The molecule has 30 heavy (non-hydrogen) atoms. The van der Waals surface area contributed by atoms with Crippen LogP contribution in [0.2, 0.25) is 0 Å². The van der Waals surface area contributed by atoms with Crippen LogP contribution in [0.25, 0.3) is 16.9 Å². The standard InChI is InChI=1S/C19H17N5O6/c1-21-14-13(17(29)22(2)19(21)30)24-16(28)11(8-12(25)26)15(27)23(18(24)20-14)9-10-6-4-3-5-7-10/h3-7,28H,8-9H2,1-2H3,(H,25,26). The summed E-state index contributed by atoms with van der Waals surface area (Å²) in [6.45, 7) is 0.0215. The number of aryl methyl sites for hydroxylation is 1. The van der Waals surface area contributed by atoms with E-state index < -0.39 is 35.1 Å². The zero-order valence-corrected chi connectivity index (χ0v) is 16.1. The Bertz CT molecular complexity index is 1510. The van der Waals surface area contributed by atoms with Crippen molar-refractivity contribution in [1.82, 2.24) is 23.1 Å². The Labute approximate surface area is 167 Å². The van der Waals surface area contributed by atoms with E-state index in [4.69, 9.17) is 0 Å². The number of hydrogen-bond acceptors (Lipinski definition) is 6. The predicted molar refractivity (Wildman–Crippen MR) is 106 cm³/mol. The normalized spacial score (nSPS) is 11.4. The zero-order chi connectivity index (χ0) is 21.7. The predicted octanol–water partition coefficient (Wildman–Crippen LogP) is -0.572. The molecule has 0 aliphatic carbocycles. The van der Waals surface area contributed by atoms with E-state index in [9.17, 15) is 29.4 Å². The number of nitrogens with zero attached hydrogens (tertiary/aromatic N) is 5. The molecule has 11 heteroatoms. The summed E-state index contributed by atoms with van der Waals surface area (Å²) in [6, 6.07) is 8.89. The highest BCUT2D eigenvalue weighted by atomic mass is 16.4. The number of carboxylic acid groups (broad SMARTS) is 1. The first-order chi connectivity index (χ1) is 14.2. The zero-order valence-electron chi connectivity index (χ0n) is 16.1. The second-order valence-electron chi connectivity index (χ2n) is 6.87. The summed E-state index contributed by atoms with van der Waals surface area (Å²) in [5.74, 6) is -2.10. The van der Waals surface area contributed by atoms with Crippen molar-refractivity contribution in [1.29, 1.82) is 0 Å². The summed E-state index contributed by atoms with van der Waals surface area (Å²) in [4.78, 5) is 53.7. The molecule has 3 aromatic heterocycles. The van der Waals surface area contributed by atoms with E-state index in [1.807, 2.05) is 0 Å².